The zero-order valence-electron chi connectivity index (χ0n) is 12.6. The van der Waals surface area contributed by atoms with E-state index in [1.54, 1.807) is 11.1 Å². The number of fused-ring (bicyclic) bond motifs is 1. The first-order valence-electron chi connectivity index (χ1n) is 8.18. The van der Waals surface area contributed by atoms with Crippen molar-refractivity contribution < 1.29 is 0 Å². The van der Waals surface area contributed by atoms with Crippen molar-refractivity contribution >= 4 is 0 Å². The van der Waals surface area contributed by atoms with Gasteiger partial charge in [-0.05, 0) is 54.8 Å². The summed E-state index contributed by atoms with van der Waals surface area (Å²) in [4.78, 5) is 0. The van der Waals surface area contributed by atoms with Crippen LogP contribution in [-0.2, 0) is 6.42 Å². The molecule has 4 rings (SSSR count). The summed E-state index contributed by atoms with van der Waals surface area (Å²) in [5, 5.41) is 3.65. The van der Waals surface area contributed by atoms with Crippen LogP contribution in [0.4, 0.5) is 0 Å². The van der Waals surface area contributed by atoms with E-state index >= 15 is 0 Å². The summed E-state index contributed by atoms with van der Waals surface area (Å²) in [6.45, 7) is 0. The summed E-state index contributed by atoms with van der Waals surface area (Å²) >= 11 is 0. The largest absolute Gasteiger partial charge is 0.316 e. The van der Waals surface area contributed by atoms with Gasteiger partial charge in [0.1, 0.15) is 0 Å². The summed E-state index contributed by atoms with van der Waals surface area (Å²) in [5.74, 6) is 2.26. The molecule has 0 amide bonds. The van der Waals surface area contributed by atoms with Gasteiger partial charge in [-0.15, -0.1) is 0 Å². The fourth-order valence-electron chi connectivity index (χ4n) is 4.37. The third kappa shape index (κ3) is 2.30. The molecule has 1 nitrogen and oxygen atoms in total. The number of aryl methyl sites for hydroxylation is 1. The molecular weight excluding hydrogens is 254 g/mol. The summed E-state index contributed by atoms with van der Waals surface area (Å²) in [7, 11) is 2.14. The van der Waals surface area contributed by atoms with Crippen LogP contribution in [0.1, 0.15) is 41.4 Å². The molecular formula is C20H23N. The molecule has 21 heavy (non-hydrogen) atoms. The van der Waals surface area contributed by atoms with Gasteiger partial charge in [0.15, 0.2) is 0 Å². The summed E-state index contributed by atoms with van der Waals surface area (Å²) in [6, 6.07) is 20.7. The van der Waals surface area contributed by atoms with Gasteiger partial charge in [0, 0.05) is 12.0 Å². The number of rotatable bonds is 4. The molecule has 108 valence electrons. The highest BCUT2D eigenvalue weighted by atomic mass is 14.9. The van der Waals surface area contributed by atoms with Crippen LogP contribution in [-0.4, -0.2) is 13.1 Å². The van der Waals surface area contributed by atoms with E-state index < -0.39 is 0 Å². The quantitative estimate of drug-likeness (QED) is 0.887. The Morgan fingerprint density at radius 2 is 1.76 bits per heavy atom. The minimum absolute atomic E-state index is 0.624. The van der Waals surface area contributed by atoms with Gasteiger partial charge in [0.05, 0.1) is 0 Å². The maximum Gasteiger partial charge on any atom is 0.0167 e. The Kier molecular flexibility index (Phi) is 3.31. The van der Waals surface area contributed by atoms with E-state index in [1.807, 2.05) is 0 Å². The third-order valence-electron chi connectivity index (χ3n) is 5.47. The minimum atomic E-state index is 0.624. The van der Waals surface area contributed by atoms with E-state index in [9.17, 15) is 0 Å². The van der Waals surface area contributed by atoms with Gasteiger partial charge in [-0.2, -0.15) is 0 Å². The lowest BCUT2D eigenvalue weighted by molar-refractivity contribution is 0.409. The van der Waals surface area contributed by atoms with Crippen molar-refractivity contribution in [2.75, 3.05) is 7.05 Å². The predicted octanol–water partition coefficient (Wildman–Crippen LogP) is 4.11. The lowest BCUT2D eigenvalue weighted by atomic mass is 9.88. The van der Waals surface area contributed by atoms with E-state index in [-0.39, 0.29) is 0 Å². The second kappa shape index (κ2) is 5.31. The molecule has 0 saturated heterocycles. The predicted molar refractivity (Wildman–Crippen MR) is 87.6 cm³/mol. The molecule has 2 aromatic carbocycles. The van der Waals surface area contributed by atoms with Crippen LogP contribution >= 0.6 is 0 Å². The Morgan fingerprint density at radius 1 is 1.00 bits per heavy atom. The second-order valence-corrected chi connectivity index (χ2v) is 6.58. The van der Waals surface area contributed by atoms with Gasteiger partial charge in [-0.1, -0.05) is 54.6 Å². The van der Waals surface area contributed by atoms with Crippen LogP contribution in [0.15, 0.2) is 54.6 Å². The Hall–Kier alpha value is -1.60. The van der Waals surface area contributed by atoms with Crippen molar-refractivity contribution in [1.29, 1.82) is 0 Å². The first-order valence-corrected chi connectivity index (χ1v) is 8.18. The number of hydrogen-bond donors (Lipinski definition) is 1. The SMILES string of the molecule is CNC(C1CCc2ccccc21)C1CC1c1ccccc1. The van der Waals surface area contributed by atoms with Gasteiger partial charge >= 0.3 is 0 Å². The molecule has 0 aromatic heterocycles. The summed E-state index contributed by atoms with van der Waals surface area (Å²) in [6.07, 6.45) is 3.90. The molecule has 0 radical (unpaired) electrons. The lowest BCUT2D eigenvalue weighted by Gasteiger charge is -2.24. The number of likely N-dealkylation sites (N-methyl/N-ethyl adjacent to an activating group) is 1. The Bertz CT molecular complexity index is 619. The fraction of sp³-hybridized carbons (Fsp3) is 0.400. The maximum absolute atomic E-state index is 3.65. The molecule has 0 heterocycles. The molecule has 1 saturated carbocycles. The van der Waals surface area contributed by atoms with Crippen LogP contribution in [0, 0.1) is 5.92 Å². The molecule has 1 heteroatoms. The van der Waals surface area contributed by atoms with E-state index in [4.69, 9.17) is 0 Å². The highest BCUT2D eigenvalue weighted by Crippen LogP contribution is 2.53. The number of nitrogens with one attached hydrogen (secondary N) is 1. The monoisotopic (exact) mass is 277 g/mol. The third-order valence-corrected chi connectivity index (χ3v) is 5.47. The second-order valence-electron chi connectivity index (χ2n) is 6.58. The first-order chi connectivity index (χ1) is 10.4. The molecule has 2 aliphatic carbocycles. The molecule has 0 bridgehead atoms. The summed E-state index contributed by atoms with van der Waals surface area (Å²) in [5.41, 5.74) is 4.68. The highest BCUT2D eigenvalue weighted by molar-refractivity contribution is 5.37. The van der Waals surface area contributed by atoms with Crippen molar-refractivity contribution in [3.8, 4) is 0 Å². The highest BCUT2D eigenvalue weighted by Gasteiger charge is 2.47. The first kappa shape index (κ1) is 13.1. The molecule has 0 spiro atoms. The zero-order chi connectivity index (χ0) is 14.2. The van der Waals surface area contributed by atoms with Crippen molar-refractivity contribution in [2.45, 2.75) is 37.1 Å². The van der Waals surface area contributed by atoms with Gasteiger partial charge < -0.3 is 5.32 Å². The molecule has 4 unspecified atom stereocenters. The molecule has 2 aliphatic rings. The van der Waals surface area contributed by atoms with Crippen molar-refractivity contribution in [1.82, 2.24) is 5.32 Å². The molecule has 0 aliphatic heterocycles. The number of hydrogen-bond acceptors (Lipinski definition) is 1. The molecule has 1 fully saturated rings. The average molecular weight is 277 g/mol. The summed E-state index contributed by atoms with van der Waals surface area (Å²) < 4.78 is 0. The van der Waals surface area contributed by atoms with Crippen molar-refractivity contribution in [3.05, 3.63) is 71.3 Å². The lowest BCUT2D eigenvalue weighted by Crippen LogP contribution is -2.33. The Labute approximate surface area is 127 Å². The van der Waals surface area contributed by atoms with Gasteiger partial charge in [-0.3, -0.25) is 0 Å². The van der Waals surface area contributed by atoms with Gasteiger partial charge in [-0.25, -0.2) is 0 Å². The van der Waals surface area contributed by atoms with Crippen LogP contribution < -0.4 is 5.32 Å². The minimum Gasteiger partial charge on any atom is -0.316 e. The van der Waals surface area contributed by atoms with Crippen LogP contribution in [0.5, 0.6) is 0 Å². The van der Waals surface area contributed by atoms with E-state index in [0.29, 0.717) is 12.0 Å². The molecule has 4 atom stereocenters. The van der Waals surface area contributed by atoms with E-state index in [2.05, 4.69) is 67.0 Å². The molecule has 2 aromatic rings. The topological polar surface area (TPSA) is 12.0 Å². The van der Waals surface area contributed by atoms with Crippen molar-refractivity contribution in [2.24, 2.45) is 5.92 Å². The van der Waals surface area contributed by atoms with Crippen molar-refractivity contribution in [3.63, 3.8) is 0 Å². The normalized spacial score (nSPS) is 28.1. The maximum atomic E-state index is 3.65. The smallest absolute Gasteiger partial charge is 0.0167 e. The standard InChI is InChI=1S/C20H23N/c1-21-20(17-12-11-15-9-5-6-10-16(15)17)19-13-18(19)14-7-3-2-4-8-14/h2-10,17-21H,11-13H2,1H3. The van der Waals surface area contributed by atoms with Gasteiger partial charge in [0.2, 0.25) is 0 Å². The zero-order valence-corrected chi connectivity index (χ0v) is 12.6. The van der Waals surface area contributed by atoms with Crippen LogP contribution in [0.25, 0.3) is 0 Å². The fourth-order valence-corrected chi connectivity index (χ4v) is 4.37. The van der Waals surface area contributed by atoms with Crippen LogP contribution in [0.2, 0.25) is 0 Å². The van der Waals surface area contributed by atoms with Crippen LogP contribution in [0.3, 0.4) is 0 Å². The Balaban J connectivity index is 1.55. The average Bonchev–Trinajstić information content (AvgIpc) is 3.22. The Morgan fingerprint density at radius 3 is 2.57 bits per heavy atom. The number of benzene rings is 2. The van der Waals surface area contributed by atoms with E-state index in [1.165, 1.54) is 24.8 Å². The van der Waals surface area contributed by atoms with E-state index in [0.717, 1.165) is 11.8 Å². The molecule has 1 N–H and O–H groups in total. The van der Waals surface area contributed by atoms with Gasteiger partial charge in [0.25, 0.3) is 0 Å².